The molecule has 0 aliphatic rings. The first-order valence-electron chi connectivity index (χ1n) is 7.36. The van der Waals surface area contributed by atoms with Crippen molar-refractivity contribution in [2.75, 3.05) is 12.4 Å². The SMILES string of the molecule is CCn1c(SCCOc2cc(Cl)ccc2Cl)nnc1-c1ccco1. The van der Waals surface area contributed by atoms with Gasteiger partial charge in [0.1, 0.15) is 5.75 Å². The number of aromatic nitrogens is 3. The van der Waals surface area contributed by atoms with Crippen LogP contribution in [0.15, 0.2) is 46.2 Å². The molecule has 3 rings (SSSR count). The minimum absolute atomic E-state index is 0.484. The Labute approximate surface area is 153 Å². The fourth-order valence-electron chi connectivity index (χ4n) is 2.14. The third-order valence-corrected chi connectivity index (χ3v) is 4.72. The second-order valence-corrected chi connectivity index (χ2v) is 6.71. The average molecular weight is 384 g/mol. The van der Waals surface area contributed by atoms with E-state index in [0.29, 0.717) is 33.9 Å². The number of rotatable bonds is 7. The molecule has 3 aromatic rings. The molecule has 0 N–H and O–H groups in total. The van der Waals surface area contributed by atoms with Crippen LogP contribution in [0.1, 0.15) is 6.92 Å². The Morgan fingerprint density at radius 3 is 2.88 bits per heavy atom. The maximum absolute atomic E-state index is 6.07. The van der Waals surface area contributed by atoms with E-state index in [1.807, 2.05) is 23.6 Å². The van der Waals surface area contributed by atoms with E-state index in [1.165, 1.54) is 0 Å². The second-order valence-electron chi connectivity index (χ2n) is 4.80. The van der Waals surface area contributed by atoms with Crippen molar-refractivity contribution in [1.29, 1.82) is 0 Å². The summed E-state index contributed by atoms with van der Waals surface area (Å²) in [5, 5.41) is 10.4. The van der Waals surface area contributed by atoms with Crippen molar-refractivity contribution >= 4 is 35.0 Å². The number of ether oxygens (including phenoxy) is 1. The Balaban J connectivity index is 1.60. The summed E-state index contributed by atoms with van der Waals surface area (Å²) in [6, 6.07) is 8.85. The van der Waals surface area contributed by atoms with Crippen LogP contribution in [-0.4, -0.2) is 27.1 Å². The van der Waals surface area contributed by atoms with Crippen LogP contribution >= 0.6 is 35.0 Å². The molecule has 0 saturated carbocycles. The summed E-state index contributed by atoms with van der Waals surface area (Å²) in [5.74, 6) is 2.72. The minimum Gasteiger partial charge on any atom is -0.491 e. The zero-order valence-electron chi connectivity index (χ0n) is 12.9. The largest absolute Gasteiger partial charge is 0.491 e. The molecule has 0 spiro atoms. The maximum atomic E-state index is 6.07. The van der Waals surface area contributed by atoms with Crippen LogP contribution in [0.2, 0.25) is 10.0 Å². The standard InChI is InChI=1S/C16H15Cl2N3O2S/c1-2-21-15(13-4-3-7-22-13)19-20-16(21)24-9-8-23-14-10-11(17)5-6-12(14)18/h3-7,10H,2,8-9H2,1H3. The quantitative estimate of drug-likeness (QED) is 0.422. The molecule has 0 atom stereocenters. The van der Waals surface area contributed by atoms with Crippen LogP contribution in [0.3, 0.4) is 0 Å². The van der Waals surface area contributed by atoms with Gasteiger partial charge in [-0.15, -0.1) is 10.2 Å². The molecule has 0 bridgehead atoms. The maximum Gasteiger partial charge on any atom is 0.200 e. The highest BCUT2D eigenvalue weighted by molar-refractivity contribution is 7.99. The topological polar surface area (TPSA) is 53.1 Å². The van der Waals surface area contributed by atoms with Gasteiger partial charge in [0.05, 0.1) is 17.9 Å². The van der Waals surface area contributed by atoms with Crippen molar-refractivity contribution in [2.24, 2.45) is 0 Å². The van der Waals surface area contributed by atoms with Gasteiger partial charge in [-0.1, -0.05) is 35.0 Å². The van der Waals surface area contributed by atoms with Crippen LogP contribution in [0.4, 0.5) is 0 Å². The molecule has 8 heteroatoms. The molecule has 0 amide bonds. The Kier molecular flexibility index (Phi) is 5.71. The first-order valence-corrected chi connectivity index (χ1v) is 9.11. The van der Waals surface area contributed by atoms with Gasteiger partial charge in [-0.2, -0.15) is 0 Å². The van der Waals surface area contributed by atoms with E-state index in [-0.39, 0.29) is 0 Å². The summed E-state index contributed by atoms with van der Waals surface area (Å²) in [6.45, 7) is 3.28. The second kappa shape index (κ2) is 7.96. The summed E-state index contributed by atoms with van der Waals surface area (Å²) in [7, 11) is 0. The van der Waals surface area contributed by atoms with Crippen molar-refractivity contribution in [2.45, 2.75) is 18.6 Å². The number of halogens is 2. The van der Waals surface area contributed by atoms with Gasteiger partial charge >= 0.3 is 0 Å². The molecule has 0 radical (unpaired) electrons. The lowest BCUT2D eigenvalue weighted by molar-refractivity contribution is 0.344. The van der Waals surface area contributed by atoms with Gasteiger partial charge in [-0.25, -0.2) is 0 Å². The van der Waals surface area contributed by atoms with Crippen molar-refractivity contribution in [3.63, 3.8) is 0 Å². The van der Waals surface area contributed by atoms with Gasteiger partial charge < -0.3 is 9.15 Å². The van der Waals surface area contributed by atoms with E-state index in [0.717, 1.165) is 17.5 Å². The van der Waals surface area contributed by atoms with Crippen molar-refractivity contribution in [3.05, 3.63) is 46.6 Å². The molecule has 5 nitrogen and oxygen atoms in total. The monoisotopic (exact) mass is 383 g/mol. The van der Waals surface area contributed by atoms with Gasteiger partial charge in [-0.3, -0.25) is 4.57 Å². The Morgan fingerprint density at radius 1 is 1.25 bits per heavy atom. The summed E-state index contributed by atoms with van der Waals surface area (Å²) in [6.07, 6.45) is 1.62. The highest BCUT2D eigenvalue weighted by Gasteiger charge is 2.15. The van der Waals surface area contributed by atoms with Gasteiger partial charge in [0.2, 0.25) is 0 Å². The molecule has 0 aliphatic carbocycles. The average Bonchev–Trinajstić information content (AvgIpc) is 3.23. The number of thioether (sulfide) groups is 1. The summed E-state index contributed by atoms with van der Waals surface area (Å²) < 4.78 is 13.1. The van der Waals surface area contributed by atoms with Crippen molar-refractivity contribution < 1.29 is 9.15 Å². The highest BCUT2D eigenvalue weighted by Crippen LogP contribution is 2.28. The molecule has 24 heavy (non-hydrogen) atoms. The Hall–Kier alpha value is -1.63. The normalized spacial score (nSPS) is 11.0. The molecule has 126 valence electrons. The van der Waals surface area contributed by atoms with Crippen LogP contribution in [-0.2, 0) is 6.54 Å². The van der Waals surface area contributed by atoms with Crippen molar-refractivity contribution in [1.82, 2.24) is 14.8 Å². The van der Waals surface area contributed by atoms with Gasteiger partial charge in [0, 0.05) is 23.4 Å². The number of nitrogens with zero attached hydrogens (tertiary/aromatic N) is 3. The smallest absolute Gasteiger partial charge is 0.200 e. The fraction of sp³-hybridized carbons (Fsp3) is 0.250. The third-order valence-electron chi connectivity index (χ3n) is 3.24. The molecule has 0 saturated heterocycles. The molecule has 2 heterocycles. The highest BCUT2D eigenvalue weighted by atomic mass is 35.5. The number of furan rings is 1. The molecular weight excluding hydrogens is 369 g/mol. The van der Waals surface area contributed by atoms with Crippen LogP contribution < -0.4 is 4.74 Å². The number of benzene rings is 1. The van der Waals surface area contributed by atoms with E-state index in [4.69, 9.17) is 32.4 Å². The zero-order chi connectivity index (χ0) is 16.9. The first kappa shape index (κ1) is 17.2. The molecule has 0 fully saturated rings. The van der Waals surface area contributed by atoms with Crippen molar-refractivity contribution in [3.8, 4) is 17.3 Å². The summed E-state index contributed by atoms with van der Waals surface area (Å²) in [5.41, 5.74) is 0. The third kappa shape index (κ3) is 3.88. The number of hydrogen-bond acceptors (Lipinski definition) is 5. The van der Waals surface area contributed by atoms with Crippen LogP contribution in [0.25, 0.3) is 11.6 Å². The first-order chi connectivity index (χ1) is 11.7. The van der Waals surface area contributed by atoms with Crippen LogP contribution in [0.5, 0.6) is 5.75 Å². The molecule has 0 aliphatic heterocycles. The molecule has 0 unspecified atom stereocenters. The van der Waals surface area contributed by atoms with E-state index in [9.17, 15) is 0 Å². The summed E-state index contributed by atoms with van der Waals surface area (Å²) in [4.78, 5) is 0. The van der Waals surface area contributed by atoms with Crippen LogP contribution in [0, 0.1) is 0 Å². The van der Waals surface area contributed by atoms with Gasteiger partial charge in [0.15, 0.2) is 16.7 Å². The van der Waals surface area contributed by atoms with E-state index < -0.39 is 0 Å². The predicted octanol–water partition coefficient (Wildman–Crippen LogP) is 5.04. The van der Waals surface area contributed by atoms with E-state index in [1.54, 1.807) is 36.2 Å². The minimum atomic E-state index is 0.484. The Morgan fingerprint density at radius 2 is 2.12 bits per heavy atom. The van der Waals surface area contributed by atoms with E-state index >= 15 is 0 Å². The fourth-order valence-corrected chi connectivity index (χ4v) is 3.29. The van der Waals surface area contributed by atoms with Gasteiger partial charge in [0.25, 0.3) is 0 Å². The van der Waals surface area contributed by atoms with E-state index in [2.05, 4.69) is 10.2 Å². The Bertz CT molecular complexity index is 806. The zero-order valence-corrected chi connectivity index (χ0v) is 15.2. The molecule has 1 aromatic carbocycles. The number of hydrogen-bond donors (Lipinski definition) is 0. The molecular formula is C16H15Cl2N3O2S. The molecule has 2 aromatic heterocycles. The lowest BCUT2D eigenvalue weighted by Crippen LogP contribution is -2.03. The van der Waals surface area contributed by atoms with Gasteiger partial charge in [-0.05, 0) is 31.2 Å². The lowest BCUT2D eigenvalue weighted by atomic mass is 10.3. The lowest BCUT2D eigenvalue weighted by Gasteiger charge is -2.09. The summed E-state index contributed by atoms with van der Waals surface area (Å²) >= 11 is 13.6. The predicted molar refractivity (Wildman–Crippen MR) is 96.1 cm³/mol.